The number of carbonyl (C=O) groups is 1. The summed E-state index contributed by atoms with van der Waals surface area (Å²) in [5.74, 6) is 0.686. The molecule has 112 valence electrons. The van der Waals surface area contributed by atoms with Crippen LogP contribution in [0.25, 0.3) is 0 Å². The molecule has 2 aliphatic heterocycles. The number of halogens is 1. The van der Waals surface area contributed by atoms with Crippen LogP contribution in [0.4, 0.5) is 0 Å². The van der Waals surface area contributed by atoms with E-state index < -0.39 is 11.4 Å². The molecule has 1 aromatic rings. The zero-order valence-corrected chi connectivity index (χ0v) is 12.5. The van der Waals surface area contributed by atoms with E-state index in [0.29, 0.717) is 36.8 Å². The first kappa shape index (κ1) is 13.3. The monoisotopic (exact) mass is 308 g/mol. The Morgan fingerprint density at radius 2 is 1.67 bits per heavy atom. The van der Waals surface area contributed by atoms with E-state index in [1.165, 1.54) is 0 Å². The van der Waals surface area contributed by atoms with Gasteiger partial charge in [0.25, 0.3) is 0 Å². The SMILES string of the molecule is O=C(O)C1(c2c3c(c(Cl)c4c2OCC4)OCC3)CCCC1. The molecule has 1 aromatic carbocycles. The molecular weight excluding hydrogens is 292 g/mol. The average molecular weight is 309 g/mol. The quantitative estimate of drug-likeness (QED) is 0.912. The number of carboxylic acid groups (broad SMARTS) is 1. The third kappa shape index (κ3) is 1.65. The van der Waals surface area contributed by atoms with E-state index in [9.17, 15) is 9.90 Å². The van der Waals surface area contributed by atoms with Crippen LogP contribution in [0.2, 0.25) is 5.02 Å². The van der Waals surface area contributed by atoms with Crippen molar-refractivity contribution < 1.29 is 19.4 Å². The van der Waals surface area contributed by atoms with Gasteiger partial charge in [0, 0.05) is 29.5 Å². The van der Waals surface area contributed by atoms with Crippen LogP contribution < -0.4 is 9.47 Å². The average Bonchev–Trinajstić information content (AvgIpc) is 3.20. The first-order chi connectivity index (χ1) is 10.1. The highest BCUT2D eigenvalue weighted by Gasteiger charge is 2.49. The minimum Gasteiger partial charge on any atom is -0.493 e. The fraction of sp³-hybridized carbons (Fsp3) is 0.562. The van der Waals surface area contributed by atoms with E-state index in [1.807, 2.05) is 0 Å². The molecule has 0 saturated heterocycles. The zero-order valence-electron chi connectivity index (χ0n) is 11.7. The minimum absolute atomic E-state index is 0.570. The molecule has 2 heterocycles. The highest BCUT2D eigenvalue weighted by molar-refractivity contribution is 6.33. The van der Waals surface area contributed by atoms with Crippen LogP contribution in [0.3, 0.4) is 0 Å². The lowest BCUT2D eigenvalue weighted by atomic mass is 9.75. The molecule has 4 nitrogen and oxygen atoms in total. The smallest absolute Gasteiger partial charge is 0.314 e. The topological polar surface area (TPSA) is 55.8 Å². The van der Waals surface area contributed by atoms with Gasteiger partial charge in [-0.15, -0.1) is 0 Å². The predicted molar refractivity (Wildman–Crippen MR) is 77.6 cm³/mol. The summed E-state index contributed by atoms with van der Waals surface area (Å²) in [4.78, 5) is 12.1. The third-order valence-corrected chi connectivity index (χ3v) is 5.48. The number of hydrogen-bond donors (Lipinski definition) is 1. The number of fused-ring (bicyclic) bond motifs is 2. The van der Waals surface area contributed by atoms with Crippen molar-refractivity contribution in [1.29, 1.82) is 0 Å². The molecule has 4 rings (SSSR count). The van der Waals surface area contributed by atoms with Gasteiger partial charge in [-0.1, -0.05) is 24.4 Å². The van der Waals surface area contributed by atoms with Gasteiger partial charge < -0.3 is 14.6 Å². The highest BCUT2D eigenvalue weighted by atomic mass is 35.5. The maximum Gasteiger partial charge on any atom is 0.314 e. The van der Waals surface area contributed by atoms with Crippen LogP contribution in [0, 0.1) is 0 Å². The van der Waals surface area contributed by atoms with Crippen molar-refractivity contribution in [2.24, 2.45) is 0 Å². The van der Waals surface area contributed by atoms with Gasteiger partial charge in [0.1, 0.15) is 11.5 Å². The maximum atomic E-state index is 12.1. The molecule has 1 fully saturated rings. The third-order valence-electron chi connectivity index (χ3n) is 5.08. The van der Waals surface area contributed by atoms with E-state index in [-0.39, 0.29) is 0 Å². The maximum absolute atomic E-state index is 12.1. The Balaban J connectivity index is 2.03. The molecule has 1 aliphatic carbocycles. The fourth-order valence-corrected chi connectivity index (χ4v) is 4.46. The molecule has 1 saturated carbocycles. The Hall–Kier alpha value is -1.42. The Morgan fingerprint density at radius 1 is 1.05 bits per heavy atom. The molecule has 0 bridgehead atoms. The largest absolute Gasteiger partial charge is 0.493 e. The molecule has 1 N–H and O–H groups in total. The molecule has 0 atom stereocenters. The van der Waals surface area contributed by atoms with Crippen LogP contribution >= 0.6 is 11.6 Å². The summed E-state index contributed by atoms with van der Waals surface area (Å²) in [6.07, 6.45) is 4.68. The van der Waals surface area contributed by atoms with Crippen molar-refractivity contribution in [3.63, 3.8) is 0 Å². The van der Waals surface area contributed by atoms with E-state index in [2.05, 4.69) is 0 Å². The second kappa shape index (κ2) is 4.54. The summed E-state index contributed by atoms with van der Waals surface area (Å²) < 4.78 is 11.5. The van der Waals surface area contributed by atoms with E-state index in [0.717, 1.165) is 48.1 Å². The number of carboxylic acids is 1. The number of rotatable bonds is 2. The van der Waals surface area contributed by atoms with E-state index >= 15 is 0 Å². The molecule has 0 unspecified atom stereocenters. The van der Waals surface area contributed by atoms with Crippen LogP contribution in [-0.4, -0.2) is 24.3 Å². The van der Waals surface area contributed by atoms with Gasteiger partial charge in [0.2, 0.25) is 0 Å². The molecule has 5 heteroatoms. The minimum atomic E-state index is -0.823. The van der Waals surface area contributed by atoms with Gasteiger partial charge in [0.05, 0.1) is 23.7 Å². The van der Waals surface area contributed by atoms with Crippen molar-refractivity contribution in [3.05, 3.63) is 21.7 Å². The van der Waals surface area contributed by atoms with Gasteiger partial charge in [-0.05, 0) is 12.8 Å². The number of hydrogen-bond acceptors (Lipinski definition) is 3. The summed E-state index contributed by atoms with van der Waals surface area (Å²) in [5, 5.41) is 10.5. The van der Waals surface area contributed by atoms with E-state index in [4.69, 9.17) is 21.1 Å². The Bertz CT molecular complexity index is 597. The first-order valence-corrected chi connectivity index (χ1v) is 7.89. The molecule has 3 aliphatic rings. The van der Waals surface area contributed by atoms with Crippen LogP contribution in [0.15, 0.2) is 0 Å². The van der Waals surface area contributed by atoms with Crippen molar-refractivity contribution >= 4 is 17.6 Å². The van der Waals surface area contributed by atoms with Crippen molar-refractivity contribution in [2.75, 3.05) is 13.2 Å². The summed E-state index contributed by atoms with van der Waals surface area (Å²) in [7, 11) is 0. The van der Waals surface area contributed by atoms with Crippen molar-refractivity contribution in [3.8, 4) is 11.5 Å². The Kier molecular flexibility index (Phi) is 2.86. The van der Waals surface area contributed by atoms with Crippen LogP contribution in [-0.2, 0) is 23.1 Å². The lowest BCUT2D eigenvalue weighted by Crippen LogP contribution is -2.34. The standard InChI is InChI=1S/C16H17ClO4/c17-12-10-4-8-20-13(10)11(9-3-7-21-14(9)12)16(15(18)19)5-1-2-6-16/h1-8H2,(H,18,19). The number of benzene rings is 1. The van der Waals surface area contributed by atoms with Gasteiger partial charge in [-0.3, -0.25) is 4.79 Å². The first-order valence-electron chi connectivity index (χ1n) is 7.52. The van der Waals surface area contributed by atoms with Gasteiger partial charge in [0.15, 0.2) is 0 Å². The lowest BCUT2D eigenvalue weighted by Gasteiger charge is -2.29. The summed E-state index contributed by atoms with van der Waals surface area (Å²) in [6.45, 7) is 1.14. The molecule has 0 radical (unpaired) electrons. The predicted octanol–water partition coefficient (Wildman–Crippen LogP) is 3.11. The van der Waals surface area contributed by atoms with Crippen LogP contribution in [0.1, 0.15) is 42.4 Å². The summed E-state index contributed by atoms with van der Waals surface area (Å²) in [5.41, 5.74) is 1.93. The molecular formula is C16H17ClO4. The molecule has 0 spiro atoms. The van der Waals surface area contributed by atoms with Crippen LogP contribution in [0.5, 0.6) is 11.5 Å². The van der Waals surface area contributed by atoms with Gasteiger partial charge >= 0.3 is 5.97 Å². The number of aliphatic carboxylic acids is 1. The molecule has 0 amide bonds. The van der Waals surface area contributed by atoms with E-state index in [1.54, 1.807) is 0 Å². The second-order valence-electron chi connectivity index (χ2n) is 6.10. The Labute approximate surface area is 128 Å². The molecule has 21 heavy (non-hydrogen) atoms. The lowest BCUT2D eigenvalue weighted by molar-refractivity contribution is -0.143. The van der Waals surface area contributed by atoms with Gasteiger partial charge in [-0.2, -0.15) is 0 Å². The number of ether oxygens (including phenoxy) is 2. The normalized spacial score (nSPS) is 21.6. The zero-order chi connectivity index (χ0) is 14.6. The summed E-state index contributed by atoms with van der Waals surface area (Å²) in [6, 6.07) is 0. The molecule has 0 aromatic heterocycles. The van der Waals surface area contributed by atoms with Crippen molar-refractivity contribution in [2.45, 2.75) is 43.9 Å². The highest BCUT2D eigenvalue weighted by Crippen LogP contribution is 2.55. The Morgan fingerprint density at radius 3 is 2.33 bits per heavy atom. The fourth-order valence-electron chi connectivity index (χ4n) is 4.11. The second-order valence-corrected chi connectivity index (χ2v) is 6.47. The van der Waals surface area contributed by atoms with Crippen molar-refractivity contribution in [1.82, 2.24) is 0 Å². The summed E-state index contributed by atoms with van der Waals surface area (Å²) >= 11 is 6.45. The van der Waals surface area contributed by atoms with Gasteiger partial charge in [-0.25, -0.2) is 0 Å².